The summed E-state index contributed by atoms with van der Waals surface area (Å²) in [7, 11) is 1.60. The molecule has 0 aliphatic carbocycles. The van der Waals surface area contributed by atoms with Gasteiger partial charge in [0, 0.05) is 16.9 Å². The van der Waals surface area contributed by atoms with Crippen LogP contribution in [0.15, 0.2) is 35.5 Å². The summed E-state index contributed by atoms with van der Waals surface area (Å²) in [5, 5.41) is 11.0. The number of hydroxylamine groups is 1. The van der Waals surface area contributed by atoms with Crippen molar-refractivity contribution in [2.45, 2.75) is 48.7 Å². The van der Waals surface area contributed by atoms with Gasteiger partial charge in [-0.15, -0.1) is 11.8 Å². The van der Waals surface area contributed by atoms with Crippen molar-refractivity contribution in [3.8, 4) is 0 Å². The van der Waals surface area contributed by atoms with Gasteiger partial charge in [0.1, 0.15) is 5.82 Å². The molecule has 2 heterocycles. The van der Waals surface area contributed by atoms with Crippen LogP contribution >= 0.6 is 11.8 Å². The lowest BCUT2D eigenvalue weighted by molar-refractivity contribution is 0.113. The first-order chi connectivity index (χ1) is 10.6. The molecule has 120 valence electrons. The summed E-state index contributed by atoms with van der Waals surface area (Å²) in [4.78, 5) is 5.13. The second-order valence-electron chi connectivity index (χ2n) is 5.92. The van der Waals surface area contributed by atoms with Crippen LogP contribution in [0.4, 0.5) is 4.39 Å². The van der Waals surface area contributed by atoms with E-state index >= 15 is 0 Å². The van der Waals surface area contributed by atoms with Crippen LogP contribution in [0.1, 0.15) is 37.7 Å². The lowest BCUT2D eigenvalue weighted by Crippen LogP contribution is -2.29. The molecule has 0 aromatic heterocycles. The normalized spacial score (nSPS) is 32.9. The fourth-order valence-corrected chi connectivity index (χ4v) is 5.39. The van der Waals surface area contributed by atoms with Crippen LogP contribution in [0.5, 0.6) is 0 Å². The summed E-state index contributed by atoms with van der Waals surface area (Å²) in [6.07, 6.45) is 2.32. The number of hydrogen-bond donors (Lipinski definition) is 2. The van der Waals surface area contributed by atoms with E-state index in [4.69, 9.17) is 4.84 Å². The van der Waals surface area contributed by atoms with Crippen molar-refractivity contribution in [1.82, 2.24) is 5.48 Å². The highest BCUT2D eigenvalue weighted by Gasteiger charge is 2.45. The fraction of sp³-hybridized carbons (Fsp3) is 0.529. The molecule has 5 heteroatoms. The van der Waals surface area contributed by atoms with Gasteiger partial charge in [-0.05, 0) is 42.5 Å². The van der Waals surface area contributed by atoms with E-state index in [9.17, 15) is 9.50 Å². The van der Waals surface area contributed by atoms with Crippen molar-refractivity contribution in [2.24, 2.45) is 0 Å². The number of allylic oxidation sites excluding steroid dienone is 1. The summed E-state index contributed by atoms with van der Waals surface area (Å²) >= 11 is 1.86. The van der Waals surface area contributed by atoms with E-state index < -0.39 is 0 Å². The molecule has 0 radical (unpaired) electrons. The minimum absolute atomic E-state index is 0.103. The first-order valence-electron chi connectivity index (χ1n) is 7.75. The van der Waals surface area contributed by atoms with Crippen molar-refractivity contribution >= 4 is 11.8 Å². The molecule has 22 heavy (non-hydrogen) atoms. The third-order valence-electron chi connectivity index (χ3n) is 4.57. The summed E-state index contributed by atoms with van der Waals surface area (Å²) in [5.74, 6) is -0.000183. The zero-order valence-corrected chi connectivity index (χ0v) is 13.7. The average Bonchev–Trinajstić information content (AvgIpc) is 2.81. The van der Waals surface area contributed by atoms with Crippen molar-refractivity contribution in [3.05, 3.63) is 46.9 Å². The predicted octanol–water partition coefficient (Wildman–Crippen LogP) is 3.36. The van der Waals surface area contributed by atoms with Crippen molar-refractivity contribution < 1.29 is 14.3 Å². The van der Waals surface area contributed by atoms with Crippen LogP contribution in [0.3, 0.4) is 0 Å². The molecule has 2 unspecified atom stereocenters. The smallest absolute Gasteiger partial charge is 0.123 e. The van der Waals surface area contributed by atoms with Crippen molar-refractivity contribution in [1.29, 1.82) is 0 Å². The topological polar surface area (TPSA) is 41.5 Å². The van der Waals surface area contributed by atoms with E-state index in [2.05, 4.69) is 12.4 Å². The number of rotatable bonds is 4. The number of thioether (sulfide) groups is 1. The second-order valence-corrected chi connectivity index (χ2v) is 7.36. The summed E-state index contributed by atoms with van der Waals surface area (Å²) in [6.45, 7) is 2.08. The Morgan fingerprint density at radius 3 is 2.73 bits per heavy atom. The Morgan fingerprint density at radius 2 is 2.09 bits per heavy atom. The maximum Gasteiger partial charge on any atom is 0.123 e. The quantitative estimate of drug-likeness (QED) is 0.834. The molecule has 1 aromatic carbocycles. The second kappa shape index (κ2) is 6.60. The van der Waals surface area contributed by atoms with E-state index in [1.165, 1.54) is 17.7 Å². The Labute approximate surface area is 134 Å². The van der Waals surface area contributed by atoms with Gasteiger partial charge in [-0.1, -0.05) is 19.1 Å². The van der Waals surface area contributed by atoms with Crippen LogP contribution in [0.2, 0.25) is 0 Å². The van der Waals surface area contributed by atoms with Gasteiger partial charge >= 0.3 is 0 Å². The molecular weight excluding hydrogens is 301 g/mol. The molecule has 4 atom stereocenters. The van der Waals surface area contributed by atoms with E-state index in [0.717, 1.165) is 30.5 Å². The zero-order chi connectivity index (χ0) is 15.7. The Morgan fingerprint density at radius 1 is 1.36 bits per heavy atom. The Hall–Kier alpha value is -1.04. The summed E-state index contributed by atoms with van der Waals surface area (Å²) < 4.78 is 13.2. The van der Waals surface area contributed by atoms with Crippen molar-refractivity contribution in [3.63, 3.8) is 0 Å². The molecule has 2 fully saturated rings. The van der Waals surface area contributed by atoms with Gasteiger partial charge in [0.15, 0.2) is 0 Å². The van der Waals surface area contributed by atoms with Gasteiger partial charge in [0.05, 0.1) is 18.5 Å². The summed E-state index contributed by atoms with van der Waals surface area (Å²) in [6, 6.07) is 6.76. The van der Waals surface area contributed by atoms with Gasteiger partial charge < -0.3 is 5.11 Å². The first kappa shape index (κ1) is 15.8. The number of aliphatic hydroxyl groups excluding tert-OH is 1. The third-order valence-corrected chi connectivity index (χ3v) is 6.20. The van der Waals surface area contributed by atoms with E-state index in [-0.39, 0.29) is 23.1 Å². The molecular formula is C17H22FNO2S. The van der Waals surface area contributed by atoms with Crippen LogP contribution < -0.4 is 5.48 Å². The van der Waals surface area contributed by atoms with Gasteiger partial charge in [0.25, 0.3) is 0 Å². The molecule has 2 N–H and O–H groups in total. The molecule has 2 bridgehead atoms. The summed E-state index contributed by atoms with van der Waals surface area (Å²) in [5.41, 5.74) is 6.36. The monoisotopic (exact) mass is 323 g/mol. The Kier molecular flexibility index (Phi) is 4.76. The highest BCUT2D eigenvalue weighted by molar-refractivity contribution is 8.01. The van der Waals surface area contributed by atoms with Crippen LogP contribution in [-0.4, -0.2) is 28.8 Å². The largest absolute Gasteiger partial charge is 0.392 e. The van der Waals surface area contributed by atoms with Crippen molar-refractivity contribution in [2.75, 3.05) is 7.11 Å². The standard InChI is InChI=1S/C17H22FNO2S/c1-3-14(19-21-2)16-13(10-4-6-11(18)7-5-10)8-12-9-15(20)17(16)22-12/h4-7,12-13,15,17,19-20H,3,8-9H2,1-2H3/t12?,13-,15?,17-/m1/s1. The van der Waals surface area contributed by atoms with Gasteiger partial charge in [0.2, 0.25) is 0 Å². The minimum atomic E-state index is -0.310. The Bertz CT molecular complexity index is 560. The molecule has 0 amide bonds. The van der Waals surface area contributed by atoms with E-state index in [0.29, 0.717) is 5.25 Å². The zero-order valence-electron chi connectivity index (χ0n) is 12.9. The molecule has 3 nitrogen and oxygen atoms in total. The number of benzene rings is 1. The first-order valence-corrected chi connectivity index (χ1v) is 8.69. The van der Waals surface area contributed by atoms with Crippen LogP contribution in [0, 0.1) is 5.82 Å². The molecule has 2 aliphatic rings. The fourth-order valence-electron chi connectivity index (χ4n) is 3.62. The molecule has 0 spiro atoms. The molecule has 1 aromatic rings. The van der Waals surface area contributed by atoms with Gasteiger partial charge in [-0.3, -0.25) is 10.3 Å². The minimum Gasteiger partial charge on any atom is -0.392 e. The lowest BCUT2D eigenvalue weighted by Gasteiger charge is -2.34. The van der Waals surface area contributed by atoms with Crippen LogP contribution in [0.25, 0.3) is 0 Å². The number of nitrogens with one attached hydrogen (secondary N) is 1. The maximum atomic E-state index is 13.2. The van der Waals surface area contributed by atoms with Gasteiger partial charge in [-0.2, -0.15) is 0 Å². The highest BCUT2D eigenvalue weighted by Crippen LogP contribution is 2.53. The number of aliphatic hydroxyl groups is 1. The Balaban J connectivity index is 2.04. The maximum absolute atomic E-state index is 13.2. The number of fused-ring (bicyclic) bond motifs is 2. The highest BCUT2D eigenvalue weighted by atomic mass is 32.2. The number of hydrogen-bond acceptors (Lipinski definition) is 4. The molecule has 2 aliphatic heterocycles. The third kappa shape index (κ3) is 2.90. The molecule has 3 rings (SSSR count). The lowest BCUT2D eigenvalue weighted by atomic mass is 9.84. The predicted molar refractivity (Wildman–Crippen MR) is 87.0 cm³/mol. The number of halogens is 1. The van der Waals surface area contributed by atoms with E-state index in [1.807, 2.05) is 23.9 Å². The average molecular weight is 323 g/mol. The molecule has 0 saturated carbocycles. The van der Waals surface area contributed by atoms with Crippen LogP contribution in [-0.2, 0) is 4.84 Å². The molecule has 2 saturated heterocycles. The van der Waals surface area contributed by atoms with Gasteiger partial charge in [-0.25, -0.2) is 4.39 Å². The SMILES string of the molecule is CCC(NOC)=C1[C@@H](c2ccc(F)cc2)CC2CC(O)[C@H]1S2. The van der Waals surface area contributed by atoms with E-state index in [1.54, 1.807) is 7.11 Å².